The Morgan fingerprint density at radius 1 is 1.02 bits per heavy atom. The topological polar surface area (TPSA) is 84.9 Å². The van der Waals surface area contributed by atoms with Crippen molar-refractivity contribution < 1.29 is 24.2 Å². The van der Waals surface area contributed by atoms with Crippen LogP contribution in [0.3, 0.4) is 0 Å². The molecule has 0 heterocycles. The second-order valence-corrected chi connectivity index (χ2v) is 15.5. The summed E-state index contributed by atoms with van der Waals surface area (Å²) in [5, 5.41) is 13.5. The first-order chi connectivity index (χ1) is 21.3. The van der Waals surface area contributed by atoms with Crippen molar-refractivity contribution in [3.8, 4) is 5.75 Å². The first kappa shape index (κ1) is 33.8. The molecule has 6 heteroatoms. The fraction of sp³-hybridized carbons (Fsp3) is 0.692. The number of benzene rings is 1. The molecule has 4 aliphatic carbocycles. The van der Waals surface area contributed by atoms with Crippen LogP contribution in [0.5, 0.6) is 5.75 Å². The monoisotopic (exact) mass is 619 g/mol. The van der Waals surface area contributed by atoms with Crippen LogP contribution in [0.2, 0.25) is 0 Å². The average molecular weight is 620 g/mol. The van der Waals surface area contributed by atoms with E-state index in [-0.39, 0.29) is 23.3 Å². The smallest absolute Gasteiger partial charge is 0.333 e. The van der Waals surface area contributed by atoms with Crippen LogP contribution in [-0.2, 0) is 14.3 Å². The first-order valence-electron chi connectivity index (χ1n) is 17.5. The molecular formula is C39H57NO5. The number of methoxy groups -OCH3 is 2. The van der Waals surface area contributed by atoms with Gasteiger partial charge in [-0.2, -0.15) is 0 Å². The highest BCUT2D eigenvalue weighted by Gasteiger charge is 2.57. The molecule has 1 amide bonds. The fourth-order valence-corrected chi connectivity index (χ4v) is 10.4. The van der Waals surface area contributed by atoms with Gasteiger partial charge in [0.15, 0.2) is 6.04 Å². The van der Waals surface area contributed by atoms with E-state index in [1.807, 2.05) is 0 Å². The lowest BCUT2D eigenvalue weighted by Gasteiger charge is -2.58. The molecule has 0 aliphatic heterocycles. The number of carbonyl (C=O) groups is 2. The lowest BCUT2D eigenvalue weighted by atomic mass is 9.47. The molecular weight excluding hydrogens is 562 g/mol. The highest BCUT2D eigenvalue weighted by atomic mass is 16.5. The summed E-state index contributed by atoms with van der Waals surface area (Å²) >= 11 is 0. The van der Waals surface area contributed by atoms with Gasteiger partial charge in [-0.05, 0) is 128 Å². The Morgan fingerprint density at radius 3 is 2.40 bits per heavy atom. The molecule has 0 bridgehead atoms. The molecule has 0 spiro atoms. The van der Waals surface area contributed by atoms with Gasteiger partial charge in [0.05, 0.1) is 20.3 Å². The second kappa shape index (κ2) is 13.3. The van der Waals surface area contributed by atoms with Gasteiger partial charge < -0.3 is 19.9 Å². The van der Waals surface area contributed by atoms with Gasteiger partial charge in [-0.15, -0.1) is 0 Å². The van der Waals surface area contributed by atoms with Gasteiger partial charge in [0.2, 0.25) is 5.91 Å². The summed E-state index contributed by atoms with van der Waals surface area (Å²) in [5.41, 5.74) is 5.34. The van der Waals surface area contributed by atoms with Gasteiger partial charge in [-0.3, -0.25) is 4.79 Å². The highest BCUT2D eigenvalue weighted by molar-refractivity contribution is 5.96. The van der Waals surface area contributed by atoms with Crippen LogP contribution in [0.1, 0.15) is 110 Å². The zero-order chi connectivity index (χ0) is 32.7. The van der Waals surface area contributed by atoms with Gasteiger partial charge in [0, 0.05) is 5.57 Å². The van der Waals surface area contributed by atoms with E-state index in [1.54, 1.807) is 42.5 Å². The van der Waals surface area contributed by atoms with Gasteiger partial charge in [0.1, 0.15) is 5.75 Å². The number of aliphatic hydroxyl groups is 1. The summed E-state index contributed by atoms with van der Waals surface area (Å²) in [6.45, 7) is 16.1. The number of ether oxygens (including phenoxy) is 2. The number of esters is 1. The lowest BCUT2D eigenvalue weighted by Crippen LogP contribution is -2.51. The number of hydrogen-bond donors (Lipinski definition) is 2. The molecule has 5 rings (SSSR count). The van der Waals surface area contributed by atoms with E-state index >= 15 is 0 Å². The summed E-state index contributed by atoms with van der Waals surface area (Å²) in [4.78, 5) is 25.9. The van der Waals surface area contributed by atoms with Crippen molar-refractivity contribution in [1.82, 2.24) is 5.32 Å². The third-order valence-electron chi connectivity index (χ3n) is 13.4. The van der Waals surface area contributed by atoms with E-state index in [0.29, 0.717) is 51.9 Å². The quantitative estimate of drug-likeness (QED) is 0.158. The molecule has 6 nitrogen and oxygen atoms in total. The molecule has 0 aromatic heterocycles. The van der Waals surface area contributed by atoms with Gasteiger partial charge in [-0.25, -0.2) is 4.79 Å². The van der Waals surface area contributed by atoms with E-state index in [1.165, 1.54) is 45.6 Å². The third kappa shape index (κ3) is 6.13. The number of rotatable bonds is 10. The van der Waals surface area contributed by atoms with Crippen molar-refractivity contribution in [2.24, 2.45) is 46.3 Å². The minimum atomic E-state index is -0.907. The van der Waals surface area contributed by atoms with Crippen LogP contribution in [0, 0.1) is 46.3 Å². The van der Waals surface area contributed by atoms with Crippen LogP contribution < -0.4 is 10.1 Å². The molecule has 1 unspecified atom stereocenters. The third-order valence-corrected chi connectivity index (χ3v) is 13.4. The molecule has 0 radical (unpaired) electrons. The van der Waals surface area contributed by atoms with Crippen molar-refractivity contribution in [2.75, 3.05) is 14.2 Å². The zero-order valence-electron chi connectivity index (χ0n) is 28.8. The van der Waals surface area contributed by atoms with Crippen LogP contribution in [0.4, 0.5) is 0 Å². The molecule has 0 saturated heterocycles. The van der Waals surface area contributed by atoms with Crippen molar-refractivity contribution in [1.29, 1.82) is 0 Å². The molecule has 10 atom stereocenters. The van der Waals surface area contributed by atoms with Gasteiger partial charge in [-0.1, -0.05) is 64.5 Å². The fourth-order valence-electron chi connectivity index (χ4n) is 10.4. The lowest BCUT2D eigenvalue weighted by molar-refractivity contribution is -0.145. The normalized spacial score (nSPS) is 34.4. The maximum Gasteiger partial charge on any atom is 0.333 e. The van der Waals surface area contributed by atoms with E-state index in [4.69, 9.17) is 9.47 Å². The summed E-state index contributed by atoms with van der Waals surface area (Å²) in [6, 6.07) is 6.15. The number of hydrogen-bond acceptors (Lipinski definition) is 5. The van der Waals surface area contributed by atoms with Crippen molar-refractivity contribution >= 4 is 11.9 Å². The minimum Gasteiger partial charge on any atom is -0.497 e. The summed E-state index contributed by atoms with van der Waals surface area (Å²) in [7, 11) is 2.91. The van der Waals surface area contributed by atoms with E-state index in [2.05, 4.69) is 46.5 Å². The standard InChI is InChI=1S/C39H57NO5/c1-23(25(3)36(42)40-35(37(43)45-8)27-11-13-28(44-7)14-12-27)9-10-24(2)30-17-18-32-29-15-16-31-26(4)34(41)20-22-39(31,6)33(29)19-21-38(30,32)5/h11-14,23-24,26,30-31,33-35,41H,3,9-10,15-22H2,1-2,4-8H3,(H,40,42)/t23?,24-,26+,30-,31+,33+,34+,35+,38-,39+/m1/s1. The minimum absolute atomic E-state index is 0.00301. The predicted molar refractivity (Wildman–Crippen MR) is 178 cm³/mol. The van der Waals surface area contributed by atoms with Crippen LogP contribution in [-0.4, -0.2) is 37.3 Å². The highest BCUT2D eigenvalue weighted by Crippen LogP contribution is 2.66. The number of carbonyl (C=O) groups excluding carboxylic acids is 2. The Hall–Kier alpha value is -2.60. The Morgan fingerprint density at radius 2 is 1.73 bits per heavy atom. The Balaban J connectivity index is 1.21. The molecule has 1 aromatic rings. The molecule has 3 fully saturated rings. The second-order valence-electron chi connectivity index (χ2n) is 15.5. The number of nitrogens with one attached hydrogen (secondary N) is 1. The molecule has 1 aromatic carbocycles. The van der Waals surface area contributed by atoms with E-state index in [9.17, 15) is 14.7 Å². The zero-order valence-corrected chi connectivity index (χ0v) is 28.8. The summed E-state index contributed by atoms with van der Waals surface area (Å²) in [6.07, 6.45) is 11.4. The van der Waals surface area contributed by atoms with Crippen LogP contribution >= 0.6 is 0 Å². The van der Waals surface area contributed by atoms with Crippen molar-refractivity contribution in [3.63, 3.8) is 0 Å². The Bertz CT molecular complexity index is 1300. The summed E-state index contributed by atoms with van der Waals surface area (Å²) in [5.74, 6) is 2.81. The van der Waals surface area contributed by atoms with Crippen LogP contribution in [0.25, 0.3) is 0 Å². The largest absolute Gasteiger partial charge is 0.497 e. The number of fused-ring (bicyclic) bond motifs is 4. The molecule has 3 saturated carbocycles. The Kier molecular flexibility index (Phi) is 9.94. The van der Waals surface area contributed by atoms with E-state index < -0.39 is 12.0 Å². The van der Waals surface area contributed by atoms with E-state index in [0.717, 1.165) is 25.7 Å². The molecule has 248 valence electrons. The van der Waals surface area contributed by atoms with Crippen molar-refractivity contribution in [2.45, 2.75) is 111 Å². The van der Waals surface area contributed by atoms with Gasteiger partial charge >= 0.3 is 5.97 Å². The summed E-state index contributed by atoms with van der Waals surface area (Å²) < 4.78 is 10.2. The molecule has 2 N–H and O–H groups in total. The number of amides is 1. The van der Waals surface area contributed by atoms with Crippen molar-refractivity contribution in [3.05, 3.63) is 53.1 Å². The average Bonchev–Trinajstić information content (AvgIpc) is 3.40. The SMILES string of the molecule is C=C(C(=O)N[C@H](C(=O)OC)c1ccc(OC)cc1)C(C)CC[C@@H](C)[C@H]1CCC2=C3CC[C@H]4[C@H](C)[C@@H](O)CC[C@]4(C)[C@H]3CC[C@@]21C. The molecule has 4 aliphatic rings. The maximum absolute atomic E-state index is 13.3. The van der Waals surface area contributed by atoms with Crippen LogP contribution in [0.15, 0.2) is 47.6 Å². The molecule has 45 heavy (non-hydrogen) atoms. The first-order valence-corrected chi connectivity index (χ1v) is 17.5. The number of aliphatic hydroxyl groups excluding tert-OH is 1. The number of allylic oxidation sites excluding steroid dienone is 2. The predicted octanol–water partition coefficient (Wildman–Crippen LogP) is 7.96. The Labute approximate surface area is 271 Å². The maximum atomic E-state index is 13.3. The van der Waals surface area contributed by atoms with Gasteiger partial charge in [0.25, 0.3) is 0 Å².